The first-order valence-corrected chi connectivity index (χ1v) is 10.3. The Kier molecular flexibility index (Phi) is 5.18. The largest absolute Gasteiger partial charge is 0.511 e. The Morgan fingerprint density at radius 2 is 2.13 bits per heavy atom. The zero-order valence-electron chi connectivity index (χ0n) is 17.2. The predicted octanol–water partition coefficient (Wildman–Crippen LogP) is 3.96. The number of fused-ring (bicyclic) bond motifs is 1. The molecule has 2 fully saturated rings. The average molecular weight is 438 g/mol. The Balaban J connectivity index is 1.85. The van der Waals surface area contributed by atoms with Gasteiger partial charge in [0, 0.05) is 25.7 Å². The van der Waals surface area contributed by atoms with Crippen molar-refractivity contribution in [2.75, 3.05) is 38.6 Å². The molecule has 2 heterocycles. The van der Waals surface area contributed by atoms with Gasteiger partial charge >= 0.3 is 6.16 Å². The summed E-state index contributed by atoms with van der Waals surface area (Å²) >= 11 is 6.72. The normalized spacial score (nSPS) is 21.6. The molecule has 2 aliphatic rings. The van der Waals surface area contributed by atoms with Gasteiger partial charge in [0.1, 0.15) is 5.82 Å². The van der Waals surface area contributed by atoms with Gasteiger partial charge in [-0.15, -0.1) is 0 Å². The van der Waals surface area contributed by atoms with Gasteiger partial charge < -0.3 is 24.2 Å². The lowest BCUT2D eigenvalue weighted by Crippen LogP contribution is -2.34. The van der Waals surface area contributed by atoms with Crippen LogP contribution >= 0.6 is 11.6 Å². The third kappa shape index (κ3) is 3.74. The maximum Gasteiger partial charge on any atom is 0.511 e. The Hall–Kier alpha value is -2.32. The van der Waals surface area contributed by atoms with Crippen LogP contribution in [-0.2, 0) is 0 Å². The molecule has 0 radical (unpaired) electrons. The first kappa shape index (κ1) is 20.9. The molecule has 9 heteroatoms. The molecule has 0 spiro atoms. The molecule has 1 aliphatic carbocycles. The third-order valence-corrected chi connectivity index (χ3v) is 6.22. The molecule has 0 amide bonds. The Labute approximate surface area is 178 Å². The van der Waals surface area contributed by atoms with Gasteiger partial charge in [0.2, 0.25) is 5.43 Å². The van der Waals surface area contributed by atoms with E-state index < -0.39 is 17.4 Å². The van der Waals surface area contributed by atoms with Crippen LogP contribution in [-0.4, -0.2) is 54.5 Å². The van der Waals surface area contributed by atoms with E-state index in [1.165, 1.54) is 6.20 Å². The lowest BCUT2D eigenvalue weighted by atomic mass is 9.89. The average Bonchev–Trinajstić information content (AvgIpc) is 3.40. The number of rotatable bonds is 5. The minimum atomic E-state index is -1.59. The Morgan fingerprint density at radius 3 is 2.73 bits per heavy atom. The molecule has 162 valence electrons. The van der Waals surface area contributed by atoms with Crippen molar-refractivity contribution in [2.45, 2.75) is 32.2 Å². The highest BCUT2D eigenvalue weighted by atomic mass is 35.5. The summed E-state index contributed by atoms with van der Waals surface area (Å²) in [5.41, 5.74) is 0.0474. The summed E-state index contributed by atoms with van der Waals surface area (Å²) in [7, 11) is 4.03. The molecule has 1 N–H and O–H groups in total. The van der Waals surface area contributed by atoms with Crippen LogP contribution in [0.2, 0.25) is 5.02 Å². The quantitative estimate of drug-likeness (QED) is 0.713. The molecule has 1 unspecified atom stereocenters. The first-order chi connectivity index (χ1) is 14.1. The zero-order chi connectivity index (χ0) is 21.8. The van der Waals surface area contributed by atoms with Crippen LogP contribution < -0.4 is 15.1 Å². The fourth-order valence-electron chi connectivity index (χ4n) is 4.61. The predicted molar refractivity (Wildman–Crippen MR) is 114 cm³/mol. The van der Waals surface area contributed by atoms with Crippen molar-refractivity contribution in [1.82, 2.24) is 9.47 Å². The van der Waals surface area contributed by atoms with Gasteiger partial charge in [-0.1, -0.05) is 18.5 Å². The lowest BCUT2D eigenvalue weighted by Gasteiger charge is -2.29. The highest BCUT2D eigenvalue weighted by Gasteiger charge is 2.37. The standard InChI is InChI=1S/C21H25ClFN3O4/c1-21(10-24(2)3)6-7-25(11-21)18-14(23)8-13-17(16(18)22)26(12-4-5-12)9-15(19(13)27)30-20(28)29/h8-9,12H,4-7,10-11H2,1-3H3,(H,28,29). The topological polar surface area (TPSA) is 75.0 Å². The zero-order valence-corrected chi connectivity index (χ0v) is 18.0. The van der Waals surface area contributed by atoms with E-state index in [0.717, 1.165) is 31.9 Å². The Morgan fingerprint density at radius 1 is 1.43 bits per heavy atom. The number of benzene rings is 1. The highest BCUT2D eigenvalue weighted by molar-refractivity contribution is 6.38. The van der Waals surface area contributed by atoms with Crippen molar-refractivity contribution >= 4 is 34.3 Å². The minimum Gasteiger partial charge on any atom is -0.449 e. The van der Waals surface area contributed by atoms with Crippen molar-refractivity contribution in [1.29, 1.82) is 0 Å². The summed E-state index contributed by atoms with van der Waals surface area (Å²) in [6, 6.07) is 1.24. The van der Waals surface area contributed by atoms with Crippen LogP contribution in [0, 0.1) is 11.2 Å². The molecule has 0 bridgehead atoms. The number of halogens is 2. The number of carboxylic acid groups (broad SMARTS) is 1. The maximum absolute atomic E-state index is 15.2. The summed E-state index contributed by atoms with van der Waals surface area (Å²) in [6.45, 7) is 4.37. The first-order valence-electron chi connectivity index (χ1n) is 9.97. The molecule has 1 aromatic carbocycles. The molecular formula is C21H25ClFN3O4. The molecule has 1 atom stereocenters. The second kappa shape index (κ2) is 7.42. The summed E-state index contributed by atoms with van der Waals surface area (Å²) in [5.74, 6) is -0.932. The summed E-state index contributed by atoms with van der Waals surface area (Å²) in [4.78, 5) is 27.8. The molecule has 1 saturated heterocycles. The van der Waals surface area contributed by atoms with E-state index in [9.17, 15) is 9.59 Å². The van der Waals surface area contributed by atoms with Crippen molar-refractivity contribution < 1.29 is 19.0 Å². The fourth-order valence-corrected chi connectivity index (χ4v) is 5.02. The van der Waals surface area contributed by atoms with Crippen molar-refractivity contribution in [3.05, 3.63) is 33.3 Å². The highest BCUT2D eigenvalue weighted by Crippen LogP contribution is 2.44. The molecule has 4 rings (SSSR count). The van der Waals surface area contributed by atoms with E-state index in [-0.39, 0.29) is 27.6 Å². The molecule has 1 aromatic heterocycles. The summed E-state index contributed by atoms with van der Waals surface area (Å²) in [6.07, 6.45) is 2.44. The molecular weight excluding hydrogens is 413 g/mol. The van der Waals surface area contributed by atoms with Gasteiger partial charge in [-0.3, -0.25) is 4.79 Å². The number of hydrogen-bond acceptors (Lipinski definition) is 5. The molecule has 2 aromatic rings. The number of anilines is 1. The second-order valence-corrected chi connectivity index (χ2v) is 9.34. The van der Waals surface area contributed by atoms with Crippen LogP contribution in [0.4, 0.5) is 14.9 Å². The SMILES string of the molecule is CN(C)CC1(C)CCN(c2c(F)cc3c(=O)c(OC(=O)O)cn(C4CC4)c3c2Cl)C1. The molecule has 1 aliphatic heterocycles. The number of aromatic nitrogens is 1. The van der Waals surface area contributed by atoms with E-state index in [2.05, 4.69) is 16.6 Å². The van der Waals surface area contributed by atoms with E-state index in [1.54, 1.807) is 4.57 Å². The van der Waals surface area contributed by atoms with Gasteiger partial charge in [0.05, 0.1) is 27.8 Å². The van der Waals surface area contributed by atoms with E-state index >= 15 is 4.39 Å². The van der Waals surface area contributed by atoms with Crippen LogP contribution in [0.5, 0.6) is 5.75 Å². The van der Waals surface area contributed by atoms with Gasteiger partial charge in [-0.05, 0) is 44.8 Å². The number of pyridine rings is 1. The van der Waals surface area contributed by atoms with Crippen LogP contribution in [0.1, 0.15) is 32.2 Å². The van der Waals surface area contributed by atoms with Crippen molar-refractivity contribution in [3.63, 3.8) is 0 Å². The second-order valence-electron chi connectivity index (χ2n) is 8.97. The molecule has 7 nitrogen and oxygen atoms in total. The third-order valence-electron chi connectivity index (χ3n) is 5.86. The number of hydrogen-bond donors (Lipinski definition) is 1. The number of nitrogens with zero attached hydrogens (tertiary/aromatic N) is 3. The number of ether oxygens (including phenoxy) is 1. The number of carbonyl (C=O) groups is 1. The van der Waals surface area contributed by atoms with E-state index in [0.29, 0.717) is 24.3 Å². The summed E-state index contributed by atoms with van der Waals surface area (Å²) < 4.78 is 21.6. The lowest BCUT2D eigenvalue weighted by molar-refractivity contribution is 0.143. The minimum absolute atomic E-state index is 0.00354. The van der Waals surface area contributed by atoms with E-state index in [1.807, 2.05) is 19.0 Å². The van der Waals surface area contributed by atoms with Gasteiger partial charge in [0.15, 0.2) is 5.75 Å². The molecule has 1 saturated carbocycles. The summed E-state index contributed by atoms with van der Waals surface area (Å²) in [5, 5.41) is 9.15. The van der Waals surface area contributed by atoms with Crippen molar-refractivity contribution in [3.8, 4) is 5.75 Å². The monoisotopic (exact) mass is 437 g/mol. The van der Waals surface area contributed by atoms with Crippen LogP contribution in [0.25, 0.3) is 10.9 Å². The van der Waals surface area contributed by atoms with Gasteiger partial charge in [-0.2, -0.15) is 0 Å². The van der Waals surface area contributed by atoms with Crippen LogP contribution in [0.3, 0.4) is 0 Å². The van der Waals surface area contributed by atoms with Crippen LogP contribution in [0.15, 0.2) is 17.1 Å². The molecule has 30 heavy (non-hydrogen) atoms. The van der Waals surface area contributed by atoms with Gasteiger partial charge in [0.25, 0.3) is 0 Å². The fraction of sp³-hybridized carbons (Fsp3) is 0.524. The van der Waals surface area contributed by atoms with Crippen molar-refractivity contribution in [2.24, 2.45) is 5.41 Å². The smallest absolute Gasteiger partial charge is 0.449 e. The van der Waals surface area contributed by atoms with Gasteiger partial charge in [-0.25, -0.2) is 9.18 Å². The Bertz CT molecular complexity index is 1080. The van der Waals surface area contributed by atoms with E-state index in [4.69, 9.17) is 16.7 Å². The maximum atomic E-state index is 15.2.